The van der Waals surface area contributed by atoms with Crippen molar-refractivity contribution in [3.8, 4) is 0 Å². The van der Waals surface area contributed by atoms with Gasteiger partial charge in [-0.15, -0.1) is 0 Å². The summed E-state index contributed by atoms with van der Waals surface area (Å²) in [5.74, 6) is -1.92. The first-order valence-corrected chi connectivity index (χ1v) is 22.5. The molecule has 64 heavy (non-hydrogen) atoms. The topological polar surface area (TPSA) is 289 Å². The van der Waals surface area contributed by atoms with Crippen LogP contribution >= 0.6 is 22.6 Å². The molecule has 0 aliphatic rings. The fraction of sp³-hybridized carbons (Fsp3) is 0.674. The molecule has 0 aliphatic heterocycles. The maximum atomic E-state index is 13.0. The molecule has 1 aromatic rings. The molecule has 0 aliphatic carbocycles. The molecule has 367 valence electrons. The number of benzene rings is 1. The zero-order valence-corrected chi connectivity index (χ0v) is 44.4. The zero-order chi connectivity index (χ0) is 48.6. The summed E-state index contributed by atoms with van der Waals surface area (Å²) < 4.78 is 10.1. The Bertz CT molecular complexity index is 1430. The molecule has 0 bridgehead atoms. The molecular formula is C43H78IN8O11Y-. The second-order valence-corrected chi connectivity index (χ2v) is 16.0. The SMILES string of the molecule is CCC.CCCCC(=O)NC(CCC(=O)NCC(=O)NC(CCCNC(N)=O)C(=O)Nc1ccc(COC(=O)I)cc1)C(=O)NCCO.CNCO.[CH2-]CC(C)(C)OCCC(C)C.[Y]. The predicted molar refractivity (Wildman–Crippen MR) is 253 cm³/mol. The average molecular weight is 1100 g/mol. The summed E-state index contributed by atoms with van der Waals surface area (Å²) in [6, 6.07) is 3.76. The molecule has 21 heteroatoms. The summed E-state index contributed by atoms with van der Waals surface area (Å²) >= 11 is 1.51. The van der Waals surface area contributed by atoms with Crippen molar-refractivity contribution >= 4 is 67.8 Å². The number of carbonyl (C=O) groups excluding carboxylic acids is 7. The van der Waals surface area contributed by atoms with Crippen molar-refractivity contribution in [2.75, 3.05) is 51.9 Å². The summed E-state index contributed by atoms with van der Waals surface area (Å²) in [6.45, 7) is 19.0. The largest absolute Gasteiger partial charge is 0.453 e. The van der Waals surface area contributed by atoms with E-state index in [1.165, 1.54) is 29.0 Å². The number of unbranched alkanes of at least 4 members (excludes halogenated alkanes) is 1. The quantitative estimate of drug-likeness (QED) is 0.0197. The molecule has 7 amide bonds. The van der Waals surface area contributed by atoms with Gasteiger partial charge in [0.2, 0.25) is 29.5 Å². The van der Waals surface area contributed by atoms with E-state index >= 15 is 0 Å². The molecule has 0 saturated heterocycles. The second kappa shape index (κ2) is 43.9. The average Bonchev–Trinajstić information content (AvgIpc) is 3.23. The summed E-state index contributed by atoms with van der Waals surface area (Å²) in [6.07, 6.45) is 5.09. The molecule has 1 aromatic carbocycles. The van der Waals surface area contributed by atoms with Crippen LogP contribution in [0, 0.1) is 12.8 Å². The third-order valence-corrected chi connectivity index (χ3v) is 8.38. The van der Waals surface area contributed by atoms with Crippen LogP contribution in [0.2, 0.25) is 0 Å². The number of aliphatic hydroxyl groups excluding tert-OH is 2. The van der Waals surface area contributed by atoms with Crippen LogP contribution in [0.25, 0.3) is 0 Å². The standard InChI is InChI=1S/C28H42IN7O9.C10H21O.C3H8.C2H7NO.Y/c1-2-3-6-23(39)35-21(25(41)31-14-15-37)11-12-22(38)33-16-24(40)36-20(5-4-13-32-28(30)44)26(42)34-19-9-7-18(8-10-19)17-45-27(29)43;1-6-10(4,5)11-8-7-9(2)3;1-3-2;1-3-2-4;/h7-10,20-21,37H,2-6,11-17H2,1H3,(H,31,41)(H,33,38)(H,34,42)(H,35,39)(H,36,40)(H3,30,32,44);9H,1,6-8H2,2-5H3;3H2,1-2H3;3-4H,2H2,1H3;/q;-1;;;. The summed E-state index contributed by atoms with van der Waals surface area (Å²) in [5, 5.41) is 34.4. The van der Waals surface area contributed by atoms with E-state index in [9.17, 15) is 33.6 Å². The van der Waals surface area contributed by atoms with E-state index in [1.54, 1.807) is 31.3 Å². The van der Waals surface area contributed by atoms with Gasteiger partial charge in [0.1, 0.15) is 18.7 Å². The molecule has 19 nitrogen and oxygen atoms in total. The van der Waals surface area contributed by atoms with Gasteiger partial charge in [-0.1, -0.05) is 59.6 Å². The Morgan fingerprint density at radius 1 is 0.812 bits per heavy atom. The number of rotatable bonds is 27. The van der Waals surface area contributed by atoms with Gasteiger partial charge in [0.15, 0.2) is 0 Å². The Balaban J connectivity index is -0.000000792. The number of aliphatic hydroxyl groups is 2. The van der Waals surface area contributed by atoms with Crippen LogP contribution in [0.1, 0.15) is 118 Å². The van der Waals surface area contributed by atoms with Crippen LogP contribution in [0.15, 0.2) is 24.3 Å². The van der Waals surface area contributed by atoms with Crippen molar-refractivity contribution in [2.24, 2.45) is 11.7 Å². The molecular weight excluding hydrogens is 1020 g/mol. The van der Waals surface area contributed by atoms with Gasteiger partial charge in [0.25, 0.3) is 0 Å². The minimum absolute atomic E-state index is 0. The van der Waals surface area contributed by atoms with Crippen LogP contribution in [-0.2, 0) is 72.8 Å². The van der Waals surface area contributed by atoms with Gasteiger partial charge < -0.3 is 64.2 Å². The number of primary amides is 1. The predicted octanol–water partition coefficient (Wildman–Crippen LogP) is 3.93. The Morgan fingerprint density at radius 2 is 1.39 bits per heavy atom. The molecule has 1 rings (SSSR count). The molecule has 2 atom stereocenters. The Labute approximate surface area is 420 Å². The number of hydrogen-bond acceptors (Lipinski definition) is 12. The van der Waals surface area contributed by atoms with E-state index < -0.39 is 52.3 Å². The van der Waals surface area contributed by atoms with Crippen LogP contribution in [0.4, 0.5) is 15.3 Å². The number of nitrogens with two attached hydrogens (primary N) is 1. The van der Waals surface area contributed by atoms with Crippen molar-refractivity contribution in [2.45, 2.75) is 137 Å². The van der Waals surface area contributed by atoms with Gasteiger partial charge in [-0.25, -0.2) is 9.59 Å². The molecule has 0 heterocycles. The van der Waals surface area contributed by atoms with Gasteiger partial charge in [-0.2, -0.15) is 6.42 Å². The van der Waals surface area contributed by atoms with Gasteiger partial charge in [0.05, 0.1) is 42.5 Å². The number of carbonyl (C=O) groups is 7. The third kappa shape index (κ3) is 42.9. The van der Waals surface area contributed by atoms with E-state index in [2.05, 4.69) is 85.7 Å². The van der Waals surface area contributed by atoms with Crippen LogP contribution in [0.5, 0.6) is 0 Å². The third-order valence-electron chi connectivity index (χ3n) is 8.07. The fourth-order valence-electron chi connectivity index (χ4n) is 4.45. The molecule has 0 spiro atoms. The van der Waals surface area contributed by atoms with Crippen molar-refractivity contribution in [1.29, 1.82) is 0 Å². The van der Waals surface area contributed by atoms with E-state index in [4.69, 9.17) is 25.4 Å². The van der Waals surface area contributed by atoms with E-state index in [1.807, 2.05) is 6.92 Å². The molecule has 2 unspecified atom stereocenters. The van der Waals surface area contributed by atoms with Crippen molar-refractivity contribution < 1.29 is 86.0 Å². The number of halogens is 1. The minimum Gasteiger partial charge on any atom is -0.453 e. The van der Waals surface area contributed by atoms with E-state index in [0.717, 1.165) is 31.8 Å². The molecule has 1 radical (unpaired) electrons. The maximum absolute atomic E-state index is 13.0. The monoisotopic (exact) mass is 1100 g/mol. The van der Waals surface area contributed by atoms with Crippen molar-refractivity contribution in [1.82, 2.24) is 31.9 Å². The first kappa shape index (κ1) is 67.6. The van der Waals surface area contributed by atoms with Crippen molar-refractivity contribution in [3.05, 3.63) is 36.8 Å². The van der Waals surface area contributed by atoms with Gasteiger partial charge in [0, 0.05) is 76.5 Å². The number of nitrogens with one attached hydrogen (secondary N) is 7. The summed E-state index contributed by atoms with van der Waals surface area (Å²) in [7, 11) is 1.68. The van der Waals surface area contributed by atoms with E-state index in [0.29, 0.717) is 24.1 Å². The smallest absolute Gasteiger partial charge is 0.367 e. The van der Waals surface area contributed by atoms with Crippen LogP contribution < -0.4 is 43.0 Å². The van der Waals surface area contributed by atoms with Crippen molar-refractivity contribution in [3.63, 3.8) is 0 Å². The number of amides is 7. The first-order chi connectivity index (χ1) is 29.7. The first-order valence-electron chi connectivity index (χ1n) is 21.4. The minimum atomic E-state index is -1.03. The fourth-order valence-corrected chi connectivity index (χ4v) is 4.60. The van der Waals surface area contributed by atoms with Gasteiger partial charge in [-0.05, 0) is 76.6 Å². The maximum Gasteiger partial charge on any atom is 0.367 e. The summed E-state index contributed by atoms with van der Waals surface area (Å²) in [5.41, 5.74) is 6.17. The van der Waals surface area contributed by atoms with Gasteiger partial charge in [-0.3, -0.25) is 29.3 Å². The summed E-state index contributed by atoms with van der Waals surface area (Å²) in [4.78, 5) is 84.6. The number of urea groups is 1. The Morgan fingerprint density at radius 3 is 1.89 bits per heavy atom. The Hall–Kier alpha value is -3.02. The number of hydrogen-bond donors (Lipinski definition) is 10. The zero-order valence-electron chi connectivity index (χ0n) is 39.4. The van der Waals surface area contributed by atoms with Crippen LogP contribution in [0.3, 0.4) is 0 Å². The number of anilines is 1. The second-order valence-electron chi connectivity index (χ2n) is 15.1. The molecule has 0 aromatic heterocycles. The molecule has 0 fully saturated rings. The molecule has 11 N–H and O–H groups in total. The normalized spacial score (nSPS) is 11.1. The van der Waals surface area contributed by atoms with Gasteiger partial charge >= 0.3 is 10.0 Å². The number of ether oxygens (including phenoxy) is 2. The Kier molecular flexibility index (Phi) is 46.3. The molecule has 0 saturated carbocycles. The van der Waals surface area contributed by atoms with Crippen LogP contribution in [-0.4, -0.2) is 114 Å². The van der Waals surface area contributed by atoms with E-state index in [-0.39, 0.29) is 103 Å².